The number of aryl methyl sites for hydroxylation is 1. The number of nitrogens with two attached hydrogens (primary N) is 1. The average Bonchev–Trinajstić information content (AvgIpc) is 3.28. The molecule has 3 N–H and O–H groups in total. The lowest BCUT2D eigenvalue weighted by atomic mass is 10.0. The number of halogens is 1. The number of sulfonamides is 1. The van der Waals surface area contributed by atoms with Crippen molar-refractivity contribution in [2.24, 2.45) is 11.7 Å². The zero-order chi connectivity index (χ0) is 16.5. The molecule has 7 heteroatoms. The maximum atomic E-state index is 12.7. The van der Waals surface area contributed by atoms with E-state index in [4.69, 9.17) is 10.5 Å². The molecule has 1 unspecified atom stereocenters. The van der Waals surface area contributed by atoms with E-state index in [0.717, 1.165) is 24.2 Å². The van der Waals surface area contributed by atoms with Crippen LogP contribution in [0.15, 0.2) is 17.0 Å². The summed E-state index contributed by atoms with van der Waals surface area (Å²) in [5, 5.41) is 0. The van der Waals surface area contributed by atoms with E-state index in [0.29, 0.717) is 22.9 Å². The van der Waals surface area contributed by atoms with Crippen LogP contribution in [0.3, 0.4) is 0 Å². The van der Waals surface area contributed by atoms with E-state index in [1.165, 1.54) is 0 Å². The Hall–Kier alpha value is -0.820. The van der Waals surface area contributed by atoms with Crippen molar-refractivity contribution in [1.29, 1.82) is 0 Å². The lowest BCUT2D eigenvalue weighted by Gasteiger charge is -2.20. The fourth-order valence-electron chi connectivity index (χ4n) is 2.69. The number of nitrogens with one attached hydrogen (secondary N) is 1. The van der Waals surface area contributed by atoms with Gasteiger partial charge in [-0.2, -0.15) is 0 Å². The quantitative estimate of drug-likeness (QED) is 0.781. The number of hydrogen-bond donors (Lipinski definition) is 2. The standard InChI is InChI=1S/C16H26N2O3S.ClH/c1-10(2)13-8-16(11(3)7-15(13)21-4)22(19,20)18-14(9-17)12-5-6-12;/h7-8,10,12,14,18H,5-6,9,17H2,1-4H3;1H. The predicted octanol–water partition coefficient (Wildman–Crippen LogP) is 2.56. The average molecular weight is 363 g/mol. The lowest BCUT2D eigenvalue weighted by molar-refractivity contribution is 0.406. The van der Waals surface area contributed by atoms with Crippen molar-refractivity contribution in [3.05, 3.63) is 23.3 Å². The summed E-state index contributed by atoms with van der Waals surface area (Å²) in [5.74, 6) is 1.28. The van der Waals surface area contributed by atoms with Gasteiger partial charge in [0.05, 0.1) is 12.0 Å². The van der Waals surface area contributed by atoms with Gasteiger partial charge in [0.1, 0.15) is 5.75 Å². The second-order valence-electron chi connectivity index (χ2n) is 6.32. The molecule has 1 fully saturated rings. The molecule has 0 bridgehead atoms. The van der Waals surface area contributed by atoms with E-state index in [9.17, 15) is 8.42 Å². The largest absolute Gasteiger partial charge is 0.496 e. The first-order valence-corrected chi connectivity index (χ1v) is 9.19. The molecule has 5 nitrogen and oxygen atoms in total. The molecule has 23 heavy (non-hydrogen) atoms. The molecule has 1 atom stereocenters. The fraction of sp³-hybridized carbons (Fsp3) is 0.625. The van der Waals surface area contributed by atoms with Crippen molar-refractivity contribution in [3.63, 3.8) is 0 Å². The number of methoxy groups -OCH3 is 1. The SMILES string of the molecule is COc1cc(C)c(S(=O)(=O)NC(CN)C2CC2)cc1C(C)C.Cl. The molecule has 1 saturated carbocycles. The zero-order valence-electron chi connectivity index (χ0n) is 14.1. The van der Waals surface area contributed by atoms with Crippen LogP contribution in [0.2, 0.25) is 0 Å². The van der Waals surface area contributed by atoms with Crippen LogP contribution in [-0.4, -0.2) is 28.1 Å². The Morgan fingerprint density at radius 3 is 2.39 bits per heavy atom. The van der Waals surface area contributed by atoms with Gasteiger partial charge in [-0.1, -0.05) is 13.8 Å². The van der Waals surface area contributed by atoms with Gasteiger partial charge in [-0.05, 0) is 54.9 Å². The minimum absolute atomic E-state index is 0. The van der Waals surface area contributed by atoms with Crippen molar-refractivity contribution >= 4 is 22.4 Å². The second kappa shape index (κ2) is 7.83. The van der Waals surface area contributed by atoms with Crippen LogP contribution in [0.4, 0.5) is 0 Å². The molecule has 1 aromatic rings. The third-order valence-corrected chi connectivity index (χ3v) is 5.82. The molecular formula is C16H27ClN2O3S. The molecular weight excluding hydrogens is 336 g/mol. The minimum atomic E-state index is -3.57. The Bertz CT molecular complexity index is 643. The van der Waals surface area contributed by atoms with Gasteiger partial charge >= 0.3 is 0 Å². The Morgan fingerprint density at radius 2 is 1.96 bits per heavy atom. The topological polar surface area (TPSA) is 81.4 Å². The number of benzene rings is 1. The third kappa shape index (κ3) is 4.59. The maximum absolute atomic E-state index is 12.7. The van der Waals surface area contributed by atoms with Crippen molar-refractivity contribution in [2.75, 3.05) is 13.7 Å². The first-order chi connectivity index (χ1) is 10.3. The molecule has 0 amide bonds. The fourth-order valence-corrected chi connectivity index (χ4v) is 4.27. The Morgan fingerprint density at radius 1 is 1.35 bits per heavy atom. The van der Waals surface area contributed by atoms with Gasteiger partial charge in [0.25, 0.3) is 0 Å². The molecule has 0 radical (unpaired) electrons. The van der Waals surface area contributed by atoms with E-state index in [2.05, 4.69) is 4.72 Å². The lowest BCUT2D eigenvalue weighted by Crippen LogP contribution is -2.41. The summed E-state index contributed by atoms with van der Waals surface area (Å²) in [5.41, 5.74) is 7.29. The highest BCUT2D eigenvalue weighted by Crippen LogP contribution is 2.34. The van der Waals surface area contributed by atoms with Crippen LogP contribution >= 0.6 is 12.4 Å². The smallest absolute Gasteiger partial charge is 0.241 e. The Labute approximate surface area is 145 Å². The van der Waals surface area contributed by atoms with Gasteiger partial charge in [0, 0.05) is 12.6 Å². The summed E-state index contributed by atoms with van der Waals surface area (Å²) in [6.45, 7) is 6.15. The van der Waals surface area contributed by atoms with Crippen LogP contribution in [0.5, 0.6) is 5.75 Å². The van der Waals surface area contributed by atoms with Gasteiger partial charge in [0.15, 0.2) is 0 Å². The monoisotopic (exact) mass is 362 g/mol. The maximum Gasteiger partial charge on any atom is 0.241 e. The van der Waals surface area contributed by atoms with Gasteiger partial charge in [-0.25, -0.2) is 13.1 Å². The third-order valence-electron chi connectivity index (χ3n) is 4.19. The van der Waals surface area contributed by atoms with Gasteiger partial charge < -0.3 is 10.5 Å². The summed E-state index contributed by atoms with van der Waals surface area (Å²) < 4.78 is 33.6. The van der Waals surface area contributed by atoms with E-state index < -0.39 is 10.0 Å². The second-order valence-corrected chi connectivity index (χ2v) is 8.00. The Balaban J connectivity index is 0.00000264. The highest BCUT2D eigenvalue weighted by molar-refractivity contribution is 7.89. The van der Waals surface area contributed by atoms with Gasteiger partial charge in [0.2, 0.25) is 10.0 Å². The van der Waals surface area contributed by atoms with E-state index in [1.807, 2.05) is 13.8 Å². The highest BCUT2D eigenvalue weighted by atomic mass is 35.5. The highest BCUT2D eigenvalue weighted by Gasteiger charge is 2.34. The summed E-state index contributed by atoms with van der Waals surface area (Å²) in [4.78, 5) is 0.316. The first-order valence-electron chi connectivity index (χ1n) is 7.71. The molecule has 2 rings (SSSR count). The van der Waals surface area contributed by atoms with E-state index in [1.54, 1.807) is 26.2 Å². The van der Waals surface area contributed by atoms with Crippen LogP contribution < -0.4 is 15.2 Å². The van der Waals surface area contributed by atoms with Crippen molar-refractivity contribution in [1.82, 2.24) is 4.72 Å². The molecule has 0 saturated heterocycles. The Kier molecular flexibility index (Phi) is 6.89. The molecule has 0 aliphatic heterocycles. The van der Waals surface area contributed by atoms with Crippen molar-refractivity contribution < 1.29 is 13.2 Å². The molecule has 0 aromatic heterocycles. The number of rotatable bonds is 7. The predicted molar refractivity (Wildman–Crippen MR) is 95.0 cm³/mol. The van der Waals surface area contributed by atoms with Gasteiger partial charge in [-0.15, -0.1) is 12.4 Å². The van der Waals surface area contributed by atoms with Crippen molar-refractivity contribution in [2.45, 2.75) is 50.5 Å². The van der Waals surface area contributed by atoms with Gasteiger partial charge in [-0.3, -0.25) is 0 Å². The summed E-state index contributed by atoms with van der Waals surface area (Å²) in [6, 6.07) is 3.34. The molecule has 1 aliphatic carbocycles. The van der Waals surface area contributed by atoms with Crippen LogP contribution in [0.1, 0.15) is 43.7 Å². The summed E-state index contributed by atoms with van der Waals surface area (Å²) in [7, 11) is -1.97. The van der Waals surface area contributed by atoms with E-state index in [-0.39, 0.29) is 24.4 Å². The van der Waals surface area contributed by atoms with Crippen LogP contribution in [0, 0.1) is 12.8 Å². The minimum Gasteiger partial charge on any atom is -0.496 e. The summed E-state index contributed by atoms with van der Waals surface area (Å²) >= 11 is 0. The van der Waals surface area contributed by atoms with Crippen molar-refractivity contribution in [3.8, 4) is 5.75 Å². The molecule has 1 aromatic carbocycles. The first kappa shape index (κ1) is 20.2. The van der Waals surface area contributed by atoms with Crippen LogP contribution in [0.25, 0.3) is 0 Å². The van der Waals surface area contributed by atoms with E-state index >= 15 is 0 Å². The molecule has 0 heterocycles. The number of hydrogen-bond acceptors (Lipinski definition) is 4. The molecule has 0 spiro atoms. The summed E-state index contributed by atoms with van der Waals surface area (Å²) in [6.07, 6.45) is 2.09. The van der Waals surface area contributed by atoms with Crippen LogP contribution in [-0.2, 0) is 10.0 Å². The number of ether oxygens (including phenoxy) is 1. The zero-order valence-corrected chi connectivity index (χ0v) is 15.8. The normalized spacial score (nSPS) is 16.1. The molecule has 132 valence electrons. The molecule has 1 aliphatic rings.